The molecule has 0 bridgehead atoms. The number of aromatic amines is 1. The topological polar surface area (TPSA) is 135 Å². The first-order chi connectivity index (χ1) is 14.7. The van der Waals surface area contributed by atoms with Gasteiger partial charge in [-0.2, -0.15) is 4.89 Å². The molecule has 3 atom stereocenters. The molecule has 0 amide bonds. The van der Waals surface area contributed by atoms with Crippen LogP contribution in [0, 0.1) is 22.8 Å². The van der Waals surface area contributed by atoms with Crippen LogP contribution in [0.5, 0.6) is 5.75 Å². The number of H-pyrrole nitrogens is 1. The first kappa shape index (κ1) is 23.5. The minimum atomic E-state index is -3.48. The zero-order chi connectivity index (χ0) is 22.6. The van der Waals surface area contributed by atoms with Gasteiger partial charge in [0.15, 0.2) is 18.8 Å². The van der Waals surface area contributed by atoms with Crippen LogP contribution in [0.15, 0.2) is 29.2 Å². The molecular formula is C18H19FN2O8PS+. The normalized spacial score (nSPS) is 24.4. The van der Waals surface area contributed by atoms with Crippen LogP contribution < -0.4 is 10.2 Å². The molecule has 0 radical (unpaired) electrons. The molecule has 1 saturated heterocycles. The number of halogens is 1. The maximum Gasteiger partial charge on any atom is 0.621 e. The standard InChI is InChI=1S/C10H10N2O3S.C8H9FO5P/c1-2-6-5-12(10(14)11-9(6)16)7-3-4-8(13)15-7;9-7-1-2-8-6(3-7)4-12-15(11,14-8)13-5-10/h1,5,7-8,13H,3-4H2,(H,11,14,16);1-3,10-11H,4-5H2/q;+1/t7?,8-;/m0./s1. The van der Waals surface area contributed by atoms with Crippen molar-refractivity contribution in [1.29, 1.82) is 0 Å². The highest BCUT2D eigenvalue weighted by atomic mass is 32.1. The van der Waals surface area contributed by atoms with Gasteiger partial charge in [-0.05, 0) is 24.6 Å². The molecule has 1 aromatic heterocycles. The summed E-state index contributed by atoms with van der Waals surface area (Å²) >= 11 is 4.89. The fourth-order valence-electron chi connectivity index (χ4n) is 2.80. The second kappa shape index (κ2) is 9.95. The average molecular weight is 473 g/mol. The van der Waals surface area contributed by atoms with Crippen LogP contribution >= 0.6 is 20.4 Å². The number of aliphatic hydroxyl groups is 2. The number of aromatic nitrogens is 2. The Labute approximate surface area is 181 Å². The number of hydrogen-bond acceptors (Lipinski definition) is 9. The van der Waals surface area contributed by atoms with E-state index in [0.29, 0.717) is 29.7 Å². The van der Waals surface area contributed by atoms with E-state index < -0.39 is 33.3 Å². The van der Waals surface area contributed by atoms with Gasteiger partial charge in [0.2, 0.25) is 0 Å². The fraction of sp³-hybridized carbons (Fsp3) is 0.333. The zero-order valence-electron chi connectivity index (χ0n) is 15.9. The predicted octanol–water partition coefficient (Wildman–Crippen LogP) is 1.89. The van der Waals surface area contributed by atoms with Gasteiger partial charge in [0.1, 0.15) is 23.3 Å². The Hall–Kier alpha value is -2.20. The summed E-state index contributed by atoms with van der Waals surface area (Å²) in [5, 5.41) is 17.7. The molecule has 166 valence electrons. The first-order valence-electron chi connectivity index (χ1n) is 8.90. The molecule has 1 aromatic carbocycles. The van der Waals surface area contributed by atoms with Crippen LogP contribution in [0.1, 0.15) is 30.2 Å². The third kappa shape index (κ3) is 5.74. The number of aliphatic hydroxyl groups excluding tert-OH is 2. The van der Waals surface area contributed by atoms with Crippen LogP contribution in [0.4, 0.5) is 4.39 Å². The molecule has 0 aliphatic carbocycles. The fourth-order valence-corrected chi connectivity index (χ4v) is 4.05. The number of terminal acetylenes is 1. The average Bonchev–Trinajstić information content (AvgIpc) is 3.15. The Morgan fingerprint density at radius 1 is 1.45 bits per heavy atom. The van der Waals surface area contributed by atoms with Gasteiger partial charge in [0, 0.05) is 18.2 Å². The lowest BCUT2D eigenvalue weighted by atomic mass is 10.2. The van der Waals surface area contributed by atoms with E-state index in [1.807, 2.05) is 0 Å². The third-order valence-corrected chi connectivity index (χ3v) is 5.90. The first-order valence-corrected chi connectivity index (χ1v) is 10.8. The zero-order valence-corrected chi connectivity index (χ0v) is 17.6. The molecule has 4 N–H and O–H groups in total. The van der Waals surface area contributed by atoms with Crippen LogP contribution in [-0.2, 0) is 20.4 Å². The van der Waals surface area contributed by atoms with E-state index >= 15 is 0 Å². The summed E-state index contributed by atoms with van der Waals surface area (Å²) in [4.78, 5) is 23.7. The Balaban J connectivity index is 0.000000176. The lowest BCUT2D eigenvalue weighted by Gasteiger charge is -2.20. The van der Waals surface area contributed by atoms with Crippen LogP contribution in [0.25, 0.3) is 0 Å². The second-order valence-electron chi connectivity index (χ2n) is 6.32. The monoisotopic (exact) mass is 473 g/mol. The minimum absolute atomic E-state index is 0.0165. The quantitative estimate of drug-likeness (QED) is 0.228. The van der Waals surface area contributed by atoms with E-state index in [2.05, 4.69) is 15.4 Å². The second-order valence-corrected chi connectivity index (χ2v) is 8.36. The van der Waals surface area contributed by atoms with Crippen molar-refractivity contribution in [1.82, 2.24) is 9.55 Å². The lowest BCUT2D eigenvalue weighted by molar-refractivity contribution is -0.113. The molecule has 0 spiro atoms. The molecule has 1 fully saturated rings. The summed E-state index contributed by atoms with van der Waals surface area (Å²) in [6.07, 6.45) is 6.48. The van der Waals surface area contributed by atoms with Gasteiger partial charge in [-0.25, -0.2) is 9.18 Å². The lowest BCUT2D eigenvalue weighted by Crippen LogP contribution is -2.27. The highest BCUT2D eigenvalue weighted by Crippen LogP contribution is 2.61. The molecule has 2 aliphatic rings. The van der Waals surface area contributed by atoms with Crippen molar-refractivity contribution < 1.29 is 37.8 Å². The summed E-state index contributed by atoms with van der Waals surface area (Å²) in [5.74, 6) is 2.27. The van der Waals surface area contributed by atoms with Crippen molar-refractivity contribution in [2.75, 3.05) is 6.79 Å². The van der Waals surface area contributed by atoms with Crippen molar-refractivity contribution in [2.24, 2.45) is 0 Å². The number of ether oxygens (including phenoxy) is 1. The van der Waals surface area contributed by atoms with Gasteiger partial charge in [-0.3, -0.25) is 14.1 Å². The third-order valence-electron chi connectivity index (χ3n) is 4.25. The Morgan fingerprint density at radius 2 is 2.23 bits per heavy atom. The SMILES string of the molecule is C#Cc1cn(C2CC[C@@H](O)O2)c(=O)[nH]c1=S.OCO[P+]1(O)OCc2cc(F)ccc2O1. The molecule has 4 rings (SSSR count). The summed E-state index contributed by atoms with van der Waals surface area (Å²) in [6, 6.07) is 3.82. The highest BCUT2D eigenvalue weighted by Gasteiger charge is 2.50. The van der Waals surface area contributed by atoms with Crippen molar-refractivity contribution >= 4 is 20.4 Å². The summed E-state index contributed by atoms with van der Waals surface area (Å²) in [7, 11) is -3.48. The van der Waals surface area contributed by atoms with Gasteiger partial charge in [0.25, 0.3) is 0 Å². The molecular weight excluding hydrogens is 454 g/mol. The van der Waals surface area contributed by atoms with Crippen LogP contribution in [-0.4, -0.2) is 37.7 Å². The van der Waals surface area contributed by atoms with Gasteiger partial charge >= 0.3 is 13.9 Å². The van der Waals surface area contributed by atoms with Gasteiger partial charge in [-0.15, -0.1) is 15.5 Å². The van der Waals surface area contributed by atoms with Crippen molar-refractivity contribution in [3.05, 3.63) is 56.5 Å². The number of benzene rings is 1. The van der Waals surface area contributed by atoms with Crippen LogP contribution in [0.3, 0.4) is 0 Å². The highest BCUT2D eigenvalue weighted by molar-refractivity contribution is 7.71. The number of nitrogens with one attached hydrogen (secondary N) is 1. The van der Waals surface area contributed by atoms with E-state index in [4.69, 9.17) is 37.5 Å². The van der Waals surface area contributed by atoms with E-state index in [0.717, 1.165) is 0 Å². The summed E-state index contributed by atoms with van der Waals surface area (Å²) in [5.41, 5.74) is 0.531. The van der Waals surface area contributed by atoms with Crippen molar-refractivity contribution in [2.45, 2.75) is 32.0 Å². The number of rotatable bonds is 3. The molecule has 10 nitrogen and oxygen atoms in total. The van der Waals surface area contributed by atoms with Gasteiger partial charge in [0.05, 0.1) is 5.56 Å². The largest absolute Gasteiger partial charge is 0.621 e. The number of hydrogen-bond donors (Lipinski definition) is 4. The molecule has 0 saturated carbocycles. The molecule has 31 heavy (non-hydrogen) atoms. The molecule has 3 heterocycles. The molecule has 2 aromatic rings. The number of nitrogens with zero attached hydrogens (tertiary/aromatic N) is 1. The van der Waals surface area contributed by atoms with Crippen LogP contribution in [0.2, 0.25) is 0 Å². The number of fused-ring (bicyclic) bond motifs is 1. The Morgan fingerprint density at radius 3 is 2.87 bits per heavy atom. The predicted molar refractivity (Wildman–Crippen MR) is 108 cm³/mol. The summed E-state index contributed by atoms with van der Waals surface area (Å²) in [6.45, 7) is -0.724. The molecule has 2 unspecified atom stereocenters. The van der Waals surface area contributed by atoms with Crippen molar-refractivity contribution in [3.63, 3.8) is 0 Å². The minimum Gasteiger partial charge on any atom is -0.368 e. The smallest absolute Gasteiger partial charge is 0.368 e. The van der Waals surface area contributed by atoms with E-state index in [1.165, 1.54) is 29.0 Å². The maximum atomic E-state index is 12.8. The molecule has 2 aliphatic heterocycles. The Bertz CT molecular complexity index is 1100. The van der Waals surface area contributed by atoms with E-state index in [-0.39, 0.29) is 16.9 Å². The van der Waals surface area contributed by atoms with E-state index in [9.17, 15) is 19.2 Å². The Kier molecular flexibility index (Phi) is 7.53. The maximum absolute atomic E-state index is 12.8. The van der Waals surface area contributed by atoms with Gasteiger partial charge < -0.3 is 14.9 Å². The molecule has 13 heteroatoms. The van der Waals surface area contributed by atoms with E-state index in [1.54, 1.807) is 0 Å². The summed E-state index contributed by atoms with van der Waals surface area (Å²) < 4.78 is 34.0. The van der Waals surface area contributed by atoms with Crippen molar-refractivity contribution in [3.8, 4) is 18.1 Å². The van der Waals surface area contributed by atoms with Gasteiger partial charge in [-0.1, -0.05) is 18.1 Å².